The fraction of sp³-hybridized carbons (Fsp3) is 0.222. The first-order valence-electron chi connectivity index (χ1n) is 11.2. The van der Waals surface area contributed by atoms with Crippen LogP contribution < -0.4 is 10.6 Å². The second kappa shape index (κ2) is 10.8. The summed E-state index contributed by atoms with van der Waals surface area (Å²) in [7, 11) is 1.30. The van der Waals surface area contributed by atoms with Crippen molar-refractivity contribution in [1.82, 2.24) is 5.32 Å². The van der Waals surface area contributed by atoms with Crippen LogP contribution in [0.15, 0.2) is 72.8 Å². The normalized spacial score (nSPS) is 12.8. The number of carboxylic acids is 1. The molecule has 180 valence electrons. The molecule has 0 spiro atoms. The van der Waals surface area contributed by atoms with Gasteiger partial charge in [0.25, 0.3) is 5.91 Å². The molecule has 8 heteroatoms. The molecule has 1 aliphatic rings. The zero-order valence-electron chi connectivity index (χ0n) is 19.2. The summed E-state index contributed by atoms with van der Waals surface area (Å²) in [6, 6.07) is 22.6. The van der Waals surface area contributed by atoms with E-state index >= 15 is 0 Å². The summed E-state index contributed by atoms with van der Waals surface area (Å²) in [6.07, 6.45) is -1.47. The molecule has 3 N–H and O–H groups in total. The minimum atomic E-state index is -1.09. The highest BCUT2D eigenvalue weighted by atomic mass is 16.5. The molecular weight excluding hydrogens is 448 g/mol. The van der Waals surface area contributed by atoms with Gasteiger partial charge in [0.15, 0.2) is 6.10 Å². The van der Waals surface area contributed by atoms with Crippen LogP contribution in [0.5, 0.6) is 0 Å². The van der Waals surface area contributed by atoms with Crippen molar-refractivity contribution in [2.75, 3.05) is 25.6 Å². The highest BCUT2D eigenvalue weighted by molar-refractivity contribution is 5.96. The number of aliphatic carboxylic acids is 1. The lowest BCUT2D eigenvalue weighted by molar-refractivity contribution is -0.148. The number of hydrogen-bond acceptors (Lipinski definition) is 5. The first-order chi connectivity index (χ1) is 17.0. The minimum absolute atomic E-state index is 0.0491. The fourth-order valence-corrected chi connectivity index (χ4v) is 4.25. The van der Waals surface area contributed by atoms with Gasteiger partial charge in [-0.2, -0.15) is 0 Å². The molecule has 35 heavy (non-hydrogen) atoms. The Balaban J connectivity index is 1.34. The lowest BCUT2D eigenvalue weighted by Crippen LogP contribution is -2.31. The third-order valence-electron chi connectivity index (χ3n) is 5.97. The molecule has 1 atom stereocenters. The second-order valence-corrected chi connectivity index (χ2v) is 8.14. The summed E-state index contributed by atoms with van der Waals surface area (Å²) in [5.41, 5.74) is 5.28. The van der Waals surface area contributed by atoms with Crippen LogP contribution in [0, 0.1) is 0 Å². The zero-order valence-corrected chi connectivity index (χ0v) is 19.2. The van der Waals surface area contributed by atoms with E-state index in [1.54, 1.807) is 18.2 Å². The van der Waals surface area contributed by atoms with Gasteiger partial charge in [-0.05, 0) is 40.5 Å². The first-order valence-corrected chi connectivity index (χ1v) is 11.2. The number of benzene rings is 3. The van der Waals surface area contributed by atoms with Crippen LogP contribution in [-0.4, -0.2) is 49.4 Å². The quantitative estimate of drug-likeness (QED) is 0.427. The Morgan fingerprint density at radius 1 is 0.943 bits per heavy atom. The van der Waals surface area contributed by atoms with Gasteiger partial charge in [-0.1, -0.05) is 54.6 Å². The largest absolute Gasteiger partial charge is 0.479 e. The molecule has 0 bridgehead atoms. The van der Waals surface area contributed by atoms with Crippen LogP contribution in [0.25, 0.3) is 11.1 Å². The minimum Gasteiger partial charge on any atom is -0.479 e. The van der Waals surface area contributed by atoms with Crippen molar-refractivity contribution in [3.05, 3.63) is 89.5 Å². The molecule has 0 heterocycles. The van der Waals surface area contributed by atoms with Crippen molar-refractivity contribution in [2.45, 2.75) is 18.4 Å². The Morgan fingerprint density at radius 3 is 2.23 bits per heavy atom. The molecular formula is C27H26N2O6. The number of rotatable bonds is 9. The van der Waals surface area contributed by atoms with Gasteiger partial charge in [0.05, 0.1) is 0 Å². The molecule has 0 saturated carbocycles. The molecule has 1 unspecified atom stereocenters. The van der Waals surface area contributed by atoms with Crippen molar-refractivity contribution in [2.24, 2.45) is 0 Å². The van der Waals surface area contributed by atoms with E-state index in [1.165, 1.54) is 13.2 Å². The predicted molar refractivity (Wildman–Crippen MR) is 131 cm³/mol. The summed E-state index contributed by atoms with van der Waals surface area (Å²) in [6.45, 7) is 0.317. The first kappa shape index (κ1) is 24.0. The summed E-state index contributed by atoms with van der Waals surface area (Å²) in [4.78, 5) is 35.9. The number of ether oxygens (including phenoxy) is 2. The number of anilines is 1. The maximum atomic E-state index is 12.5. The Kier molecular flexibility index (Phi) is 7.42. The average Bonchev–Trinajstić information content (AvgIpc) is 3.19. The predicted octanol–water partition coefficient (Wildman–Crippen LogP) is 4.27. The van der Waals surface area contributed by atoms with Gasteiger partial charge < -0.3 is 19.9 Å². The maximum Gasteiger partial charge on any atom is 0.411 e. The Hall–Kier alpha value is -4.17. The monoisotopic (exact) mass is 474 g/mol. The van der Waals surface area contributed by atoms with Crippen molar-refractivity contribution < 1.29 is 29.0 Å². The van der Waals surface area contributed by atoms with Gasteiger partial charge >= 0.3 is 12.1 Å². The standard InChI is InChI=1S/C27H26N2O6/c1-34-24(26(31)32)13-14-28-25(30)17-7-6-8-18(15-17)29-27(33)35-16-23-21-11-4-2-9-19(21)20-10-3-5-12-22(20)23/h2-12,15,23-24H,13-14,16H2,1H3,(H,28,30)(H,29,33)(H,31,32). The van der Waals surface area contributed by atoms with Crippen LogP contribution in [0.1, 0.15) is 33.8 Å². The molecule has 0 radical (unpaired) electrons. The number of carboxylic acid groups (broad SMARTS) is 1. The summed E-state index contributed by atoms with van der Waals surface area (Å²) in [5, 5.41) is 14.3. The van der Waals surface area contributed by atoms with Crippen LogP contribution in [0.4, 0.5) is 10.5 Å². The van der Waals surface area contributed by atoms with Gasteiger partial charge in [-0.25, -0.2) is 9.59 Å². The Morgan fingerprint density at radius 2 is 1.60 bits per heavy atom. The van der Waals surface area contributed by atoms with Gasteiger partial charge in [0, 0.05) is 37.2 Å². The topological polar surface area (TPSA) is 114 Å². The Bertz CT molecular complexity index is 1200. The van der Waals surface area contributed by atoms with Crippen molar-refractivity contribution >= 4 is 23.7 Å². The molecule has 1 aliphatic carbocycles. The van der Waals surface area contributed by atoms with Crippen LogP contribution >= 0.6 is 0 Å². The van der Waals surface area contributed by atoms with E-state index in [1.807, 2.05) is 24.3 Å². The number of methoxy groups -OCH3 is 1. The SMILES string of the molecule is COC(CCNC(=O)c1cccc(NC(=O)OCC2c3ccccc3-c3ccccc32)c1)C(=O)O. The van der Waals surface area contributed by atoms with Gasteiger partial charge in [0.1, 0.15) is 6.61 Å². The molecule has 3 aromatic rings. The molecule has 0 aliphatic heterocycles. The van der Waals surface area contributed by atoms with Crippen molar-refractivity contribution in [1.29, 1.82) is 0 Å². The van der Waals surface area contributed by atoms with Gasteiger partial charge in [-0.15, -0.1) is 0 Å². The number of hydrogen-bond donors (Lipinski definition) is 3. The van der Waals surface area contributed by atoms with Gasteiger partial charge in [-0.3, -0.25) is 10.1 Å². The van der Waals surface area contributed by atoms with E-state index in [9.17, 15) is 14.4 Å². The molecule has 2 amide bonds. The lowest BCUT2D eigenvalue weighted by atomic mass is 9.98. The van der Waals surface area contributed by atoms with Crippen LogP contribution in [0.3, 0.4) is 0 Å². The molecule has 8 nitrogen and oxygen atoms in total. The van der Waals surface area contributed by atoms with E-state index in [-0.39, 0.29) is 31.4 Å². The smallest absolute Gasteiger partial charge is 0.411 e. The summed E-state index contributed by atoms with van der Waals surface area (Å²) >= 11 is 0. The number of carbonyl (C=O) groups excluding carboxylic acids is 2. The molecule has 0 fully saturated rings. The third kappa shape index (κ3) is 5.50. The summed E-state index contributed by atoms with van der Waals surface area (Å²) < 4.78 is 10.4. The Labute approximate surface area is 202 Å². The van der Waals surface area contributed by atoms with E-state index in [2.05, 4.69) is 34.9 Å². The van der Waals surface area contributed by atoms with Crippen molar-refractivity contribution in [3.8, 4) is 11.1 Å². The highest BCUT2D eigenvalue weighted by Gasteiger charge is 2.29. The van der Waals surface area contributed by atoms with Crippen LogP contribution in [0.2, 0.25) is 0 Å². The number of fused-ring (bicyclic) bond motifs is 3. The van der Waals surface area contributed by atoms with E-state index < -0.39 is 18.2 Å². The lowest BCUT2D eigenvalue weighted by Gasteiger charge is -2.15. The average molecular weight is 475 g/mol. The number of carbonyl (C=O) groups is 3. The second-order valence-electron chi connectivity index (χ2n) is 8.14. The number of amides is 2. The number of nitrogens with one attached hydrogen (secondary N) is 2. The van der Waals surface area contributed by atoms with E-state index in [0.29, 0.717) is 11.3 Å². The fourth-order valence-electron chi connectivity index (χ4n) is 4.25. The van der Waals surface area contributed by atoms with E-state index in [0.717, 1.165) is 22.3 Å². The molecule has 4 rings (SSSR count). The molecule has 3 aromatic carbocycles. The van der Waals surface area contributed by atoms with Crippen molar-refractivity contribution in [3.63, 3.8) is 0 Å². The van der Waals surface area contributed by atoms with Crippen LogP contribution in [-0.2, 0) is 14.3 Å². The maximum absolute atomic E-state index is 12.5. The van der Waals surface area contributed by atoms with E-state index in [4.69, 9.17) is 14.6 Å². The summed E-state index contributed by atoms with van der Waals surface area (Å²) in [5.74, 6) is -1.52. The molecule has 0 aromatic heterocycles. The zero-order chi connectivity index (χ0) is 24.8. The molecule has 0 saturated heterocycles. The highest BCUT2D eigenvalue weighted by Crippen LogP contribution is 2.44. The van der Waals surface area contributed by atoms with Gasteiger partial charge in [0.2, 0.25) is 0 Å². The third-order valence-corrected chi connectivity index (χ3v) is 5.97.